The standard InChI is InChI=1S/C20H27NO6/c1-3-25-15-10-13(6-7-14(15)27-12-18(22)23)19(24)21-16-11-17(26-4-2)20(16)8-5-9-20/h6-7,10,16-17H,3-5,8-9,11-12H2,1-2H3,(H,21,24)(H,22,23). The van der Waals surface area contributed by atoms with Crippen LogP contribution in [0.1, 0.15) is 49.9 Å². The molecule has 1 aromatic carbocycles. The second-order valence-corrected chi connectivity index (χ2v) is 7.07. The van der Waals surface area contributed by atoms with E-state index < -0.39 is 12.6 Å². The first kappa shape index (κ1) is 19.5. The molecule has 2 aliphatic carbocycles. The third-order valence-electron chi connectivity index (χ3n) is 5.60. The van der Waals surface area contributed by atoms with Crippen molar-refractivity contribution in [3.63, 3.8) is 0 Å². The lowest BCUT2D eigenvalue weighted by Crippen LogP contribution is -2.67. The Morgan fingerprint density at radius 3 is 2.56 bits per heavy atom. The fourth-order valence-corrected chi connectivity index (χ4v) is 4.06. The van der Waals surface area contributed by atoms with Gasteiger partial charge in [-0.3, -0.25) is 4.79 Å². The van der Waals surface area contributed by atoms with Crippen molar-refractivity contribution >= 4 is 11.9 Å². The van der Waals surface area contributed by atoms with Gasteiger partial charge in [0.05, 0.1) is 12.7 Å². The number of carbonyl (C=O) groups is 2. The Morgan fingerprint density at radius 2 is 1.96 bits per heavy atom. The number of amides is 1. The largest absolute Gasteiger partial charge is 0.490 e. The van der Waals surface area contributed by atoms with Crippen LogP contribution in [0.3, 0.4) is 0 Å². The van der Waals surface area contributed by atoms with E-state index >= 15 is 0 Å². The van der Waals surface area contributed by atoms with Crippen molar-refractivity contribution in [2.75, 3.05) is 19.8 Å². The average Bonchev–Trinajstić information content (AvgIpc) is 2.58. The van der Waals surface area contributed by atoms with E-state index in [1.165, 1.54) is 6.42 Å². The summed E-state index contributed by atoms with van der Waals surface area (Å²) in [7, 11) is 0. The van der Waals surface area contributed by atoms with E-state index in [0.717, 1.165) is 19.3 Å². The summed E-state index contributed by atoms with van der Waals surface area (Å²) in [6.07, 6.45) is 4.45. The first-order chi connectivity index (χ1) is 13.0. The second-order valence-electron chi connectivity index (χ2n) is 7.07. The van der Waals surface area contributed by atoms with Gasteiger partial charge in [-0.25, -0.2) is 4.79 Å². The number of rotatable bonds is 9. The van der Waals surface area contributed by atoms with Gasteiger partial charge in [0.25, 0.3) is 5.91 Å². The number of nitrogens with one attached hydrogen (secondary N) is 1. The molecule has 7 nitrogen and oxygen atoms in total. The van der Waals surface area contributed by atoms with Gasteiger partial charge in [0.15, 0.2) is 18.1 Å². The van der Waals surface area contributed by atoms with E-state index in [0.29, 0.717) is 30.3 Å². The number of hydrogen-bond donors (Lipinski definition) is 2. The third kappa shape index (κ3) is 3.88. The Bertz CT molecular complexity index is 700. The Balaban J connectivity index is 1.67. The Hall–Kier alpha value is -2.28. The molecule has 0 aliphatic heterocycles. The predicted octanol–water partition coefficient (Wildman–Crippen LogP) is 2.63. The zero-order valence-electron chi connectivity index (χ0n) is 15.8. The summed E-state index contributed by atoms with van der Waals surface area (Å²) in [4.78, 5) is 23.4. The zero-order chi connectivity index (χ0) is 19.4. The molecule has 0 bridgehead atoms. The molecule has 2 saturated carbocycles. The fourth-order valence-electron chi connectivity index (χ4n) is 4.06. The van der Waals surface area contributed by atoms with Crippen LogP contribution >= 0.6 is 0 Å². The van der Waals surface area contributed by atoms with Crippen molar-refractivity contribution < 1.29 is 28.9 Å². The molecule has 2 fully saturated rings. The number of benzene rings is 1. The molecular formula is C20H27NO6. The van der Waals surface area contributed by atoms with Crippen LogP contribution in [0.5, 0.6) is 11.5 Å². The van der Waals surface area contributed by atoms with Gasteiger partial charge in [0.2, 0.25) is 0 Å². The normalized spacial score (nSPS) is 22.4. The van der Waals surface area contributed by atoms with Crippen LogP contribution in [-0.4, -0.2) is 48.9 Å². The van der Waals surface area contributed by atoms with Gasteiger partial charge in [-0.05, 0) is 51.3 Å². The Labute approximate surface area is 159 Å². The van der Waals surface area contributed by atoms with Gasteiger partial charge in [0.1, 0.15) is 0 Å². The first-order valence-corrected chi connectivity index (χ1v) is 9.54. The lowest BCUT2D eigenvalue weighted by atomic mass is 9.51. The number of hydrogen-bond acceptors (Lipinski definition) is 5. The van der Waals surface area contributed by atoms with Crippen LogP contribution in [0.25, 0.3) is 0 Å². The molecule has 1 amide bonds. The minimum Gasteiger partial charge on any atom is -0.490 e. The lowest BCUT2D eigenvalue weighted by Gasteiger charge is -2.61. The second kappa shape index (κ2) is 8.17. The van der Waals surface area contributed by atoms with E-state index in [1.54, 1.807) is 18.2 Å². The summed E-state index contributed by atoms with van der Waals surface area (Å²) in [5.74, 6) is -0.553. The fraction of sp³-hybridized carbons (Fsp3) is 0.600. The maximum atomic E-state index is 12.7. The van der Waals surface area contributed by atoms with Gasteiger partial charge in [-0.15, -0.1) is 0 Å². The minimum atomic E-state index is -1.07. The van der Waals surface area contributed by atoms with Gasteiger partial charge in [0, 0.05) is 23.6 Å². The molecule has 0 heterocycles. The third-order valence-corrected chi connectivity index (χ3v) is 5.60. The Morgan fingerprint density at radius 1 is 1.19 bits per heavy atom. The summed E-state index contributed by atoms with van der Waals surface area (Å²) < 4.78 is 16.6. The van der Waals surface area contributed by atoms with Gasteiger partial charge in [-0.1, -0.05) is 6.42 Å². The topological polar surface area (TPSA) is 94.1 Å². The summed E-state index contributed by atoms with van der Waals surface area (Å²) in [5.41, 5.74) is 0.564. The van der Waals surface area contributed by atoms with Crippen LogP contribution in [0.2, 0.25) is 0 Å². The van der Waals surface area contributed by atoms with E-state index in [4.69, 9.17) is 19.3 Å². The van der Waals surface area contributed by atoms with Gasteiger partial charge >= 0.3 is 5.97 Å². The van der Waals surface area contributed by atoms with E-state index in [2.05, 4.69) is 5.32 Å². The molecule has 1 spiro atoms. The molecule has 0 saturated heterocycles. The van der Waals surface area contributed by atoms with Crippen LogP contribution in [0, 0.1) is 5.41 Å². The molecule has 2 N–H and O–H groups in total. The zero-order valence-corrected chi connectivity index (χ0v) is 15.8. The maximum absolute atomic E-state index is 12.7. The highest BCUT2D eigenvalue weighted by molar-refractivity contribution is 5.95. The van der Waals surface area contributed by atoms with E-state index in [9.17, 15) is 9.59 Å². The molecule has 0 radical (unpaired) electrons. The quantitative estimate of drug-likeness (QED) is 0.687. The van der Waals surface area contributed by atoms with Crippen molar-refractivity contribution in [2.45, 2.75) is 51.7 Å². The van der Waals surface area contributed by atoms with Crippen molar-refractivity contribution in [3.05, 3.63) is 23.8 Å². The highest BCUT2D eigenvalue weighted by Gasteiger charge is 2.59. The molecule has 27 heavy (non-hydrogen) atoms. The highest BCUT2D eigenvalue weighted by Crippen LogP contribution is 2.57. The Kier molecular flexibility index (Phi) is 5.89. The number of carboxylic acid groups (broad SMARTS) is 1. The molecule has 2 unspecified atom stereocenters. The first-order valence-electron chi connectivity index (χ1n) is 9.54. The maximum Gasteiger partial charge on any atom is 0.341 e. The molecule has 0 aromatic heterocycles. The predicted molar refractivity (Wildman–Crippen MR) is 98.3 cm³/mol. The van der Waals surface area contributed by atoms with Crippen LogP contribution in [-0.2, 0) is 9.53 Å². The van der Waals surface area contributed by atoms with Gasteiger partial charge in [-0.2, -0.15) is 0 Å². The molecule has 2 atom stereocenters. The summed E-state index contributed by atoms with van der Waals surface area (Å²) in [6, 6.07) is 4.93. The van der Waals surface area contributed by atoms with Crippen molar-refractivity contribution in [2.24, 2.45) is 5.41 Å². The molecule has 7 heteroatoms. The van der Waals surface area contributed by atoms with Crippen molar-refractivity contribution in [1.82, 2.24) is 5.32 Å². The number of aliphatic carboxylic acids is 1. The van der Waals surface area contributed by atoms with Crippen LogP contribution < -0.4 is 14.8 Å². The van der Waals surface area contributed by atoms with E-state index in [1.807, 2.05) is 13.8 Å². The lowest BCUT2D eigenvalue weighted by molar-refractivity contribution is -0.169. The summed E-state index contributed by atoms with van der Waals surface area (Å²) >= 11 is 0. The molecular weight excluding hydrogens is 350 g/mol. The number of carbonyl (C=O) groups excluding carboxylic acids is 1. The highest BCUT2D eigenvalue weighted by atomic mass is 16.5. The van der Waals surface area contributed by atoms with Crippen molar-refractivity contribution in [3.8, 4) is 11.5 Å². The molecule has 1 aromatic rings. The number of carboxylic acids is 1. The molecule has 2 aliphatic rings. The van der Waals surface area contributed by atoms with Gasteiger partial charge < -0.3 is 24.6 Å². The smallest absolute Gasteiger partial charge is 0.341 e. The van der Waals surface area contributed by atoms with E-state index in [-0.39, 0.29) is 23.5 Å². The minimum absolute atomic E-state index is 0.0962. The van der Waals surface area contributed by atoms with Crippen LogP contribution in [0.15, 0.2) is 18.2 Å². The molecule has 3 rings (SSSR count). The molecule has 148 valence electrons. The SMILES string of the molecule is CCOc1cc(C(=O)NC2CC(OCC)C23CCC3)ccc1OCC(=O)O. The average molecular weight is 377 g/mol. The number of ether oxygens (including phenoxy) is 3. The monoisotopic (exact) mass is 377 g/mol. The summed E-state index contributed by atoms with van der Waals surface area (Å²) in [6.45, 7) is 4.44. The summed E-state index contributed by atoms with van der Waals surface area (Å²) in [5, 5.41) is 11.9. The van der Waals surface area contributed by atoms with Crippen LogP contribution in [0.4, 0.5) is 0 Å². The van der Waals surface area contributed by atoms with Crippen molar-refractivity contribution in [1.29, 1.82) is 0 Å².